The molecule has 2 N–H and O–H groups in total. The van der Waals surface area contributed by atoms with Crippen LogP contribution in [-0.2, 0) is 17.8 Å². The van der Waals surface area contributed by atoms with Gasteiger partial charge in [0, 0.05) is 44.7 Å². The molecule has 2 aliphatic heterocycles. The van der Waals surface area contributed by atoms with Crippen LogP contribution >= 0.6 is 0 Å². The van der Waals surface area contributed by atoms with Gasteiger partial charge in [-0.15, -0.1) is 0 Å². The molecule has 2 fully saturated rings. The van der Waals surface area contributed by atoms with Gasteiger partial charge in [0.25, 0.3) is 0 Å². The number of aryl methyl sites for hydroxylation is 1. The largest absolute Gasteiger partial charge is 0.390 e. The van der Waals surface area contributed by atoms with Crippen LogP contribution < -0.4 is 5.32 Å². The fraction of sp³-hybridized carbons (Fsp3) is 0.682. The van der Waals surface area contributed by atoms with Crippen molar-refractivity contribution in [3.05, 3.63) is 35.4 Å². The summed E-state index contributed by atoms with van der Waals surface area (Å²) >= 11 is 0. The van der Waals surface area contributed by atoms with Gasteiger partial charge >= 0.3 is 0 Å². The fourth-order valence-electron chi connectivity index (χ4n) is 4.33. The number of aliphatic hydroxyl groups is 1. The molecule has 3 rings (SSSR count). The third-order valence-electron chi connectivity index (χ3n) is 6.26. The van der Waals surface area contributed by atoms with Crippen molar-refractivity contribution in [1.29, 1.82) is 0 Å². The number of nitrogens with one attached hydrogen (secondary N) is 1. The van der Waals surface area contributed by atoms with Gasteiger partial charge in [0.1, 0.15) is 0 Å². The monoisotopic (exact) mass is 373 g/mol. The first kappa shape index (κ1) is 20.3. The summed E-state index contributed by atoms with van der Waals surface area (Å²) in [6, 6.07) is 8.84. The van der Waals surface area contributed by atoms with Crippen LogP contribution in [0.5, 0.6) is 0 Å². The Kier molecular flexibility index (Phi) is 6.24. The number of hydrogen-bond donors (Lipinski definition) is 2. The van der Waals surface area contributed by atoms with Gasteiger partial charge in [-0.3, -0.25) is 14.6 Å². The van der Waals surface area contributed by atoms with Gasteiger partial charge < -0.3 is 10.4 Å². The first-order valence-electron chi connectivity index (χ1n) is 10.3. The molecule has 0 aliphatic carbocycles. The Morgan fingerprint density at radius 3 is 2.56 bits per heavy atom. The minimum absolute atomic E-state index is 0.115. The van der Waals surface area contributed by atoms with E-state index in [9.17, 15) is 9.90 Å². The summed E-state index contributed by atoms with van der Waals surface area (Å²) in [5, 5.41) is 12.9. The molecule has 0 saturated carbocycles. The molecule has 1 aromatic rings. The predicted molar refractivity (Wildman–Crippen MR) is 109 cm³/mol. The molecule has 5 heteroatoms. The topological polar surface area (TPSA) is 55.8 Å². The maximum absolute atomic E-state index is 11.8. The van der Waals surface area contributed by atoms with Crippen LogP contribution in [0.2, 0.25) is 0 Å². The molecule has 0 radical (unpaired) electrons. The van der Waals surface area contributed by atoms with Crippen molar-refractivity contribution in [2.45, 2.75) is 63.6 Å². The van der Waals surface area contributed by atoms with Crippen molar-refractivity contribution in [2.24, 2.45) is 0 Å². The summed E-state index contributed by atoms with van der Waals surface area (Å²) in [5.74, 6) is 0.194. The van der Waals surface area contributed by atoms with E-state index in [1.54, 1.807) is 0 Å². The van der Waals surface area contributed by atoms with Crippen molar-refractivity contribution in [1.82, 2.24) is 15.1 Å². The third-order valence-corrected chi connectivity index (χ3v) is 6.26. The Morgan fingerprint density at radius 1 is 1.15 bits per heavy atom. The van der Waals surface area contributed by atoms with E-state index in [0.29, 0.717) is 6.42 Å². The molecule has 2 heterocycles. The van der Waals surface area contributed by atoms with Crippen LogP contribution in [0.3, 0.4) is 0 Å². The molecule has 1 amide bonds. The molecule has 0 bridgehead atoms. The van der Waals surface area contributed by atoms with Crippen LogP contribution in [0.4, 0.5) is 0 Å². The minimum atomic E-state index is -0.609. The van der Waals surface area contributed by atoms with E-state index in [0.717, 1.165) is 58.4 Å². The number of likely N-dealkylation sites (N-methyl/N-ethyl adjacent to an activating group) is 1. The molecular weight excluding hydrogens is 338 g/mol. The Labute approximate surface area is 163 Å². The molecule has 1 atom stereocenters. The fourth-order valence-corrected chi connectivity index (χ4v) is 4.33. The van der Waals surface area contributed by atoms with Crippen LogP contribution in [0.25, 0.3) is 0 Å². The Hall–Kier alpha value is -1.43. The minimum Gasteiger partial charge on any atom is -0.390 e. The lowest BCUT2D eigenvalue weighted by Gasteiger charge is -2.49. The first-order valence-corrected chi connectivity index (χ1v) is 10.3. The highest BCUT2D eigenvalue weighted by atomic mass is 16.3. The van der Waals surface area contributed by atoms with Gasteiger partial charge in [-0.05, 0) is 57.7 Å². The molecular formula is C22H35N3O2. The van der Waals surface area contributed by atoms with Crippen LogP contribution in [-0.4, -0.2) is 65.2 Å². The summed E-state index contributed by atoms with van der Waals surface area (Å²) in [7, 11) is 2.21. The highest BCUT2D eigenvalue weighted by molar-refractivity contribution is 5.76. The van der Waals surface area contributed by atoms with Gasteiger partial charge in [-0.2, -0.15) is 0 Å². The molecule has 150 valence electrons. The Morgan fingerprint density at radius 2 is 1.85 bits per heavy atom. The second kappa shape index (κ2) is 8.29. The van der Waals surface area contributed by atoms with E-state index < -0.39 is 5.60 Å². The van der Waals surface area contributed by atoms with Crippen LogP contribution in [0.1, 0.15) is 50.7 Å². The SMILES string of the molecule is CN1CCN(Cc2ccc(CCC(C)(C)O)cc2)C[C@]12CCNC(=O)CC2. The quantitative estimate of drug-likeness (QED) is 0.831. The lowest BCUT2D eigenvalue weighted by molar-refractivity contribution is -0.121. The molecule has 1 aromatic carbocycles. The van der Waals surface area contributed by atoms with E-state index in [2.05, 4.69) is 46.4 Å². The summed E-state index contributed by atoms with van der Waals surface area (Å²) in [6.45, 7) is 8.62. The standard InChI is InChI=1S/C22H35N3O2/c1-21(2,27)10-8-18-4-6-19(7-5-18)16-25-15-14-24(3)22(17-25)11-9-20(26)23-13-12-22/h4-7,27H,8-17H2,1-3H3,(H,23,26)/t22-/m0/s1. The highest BCUT2D eigenvalue weighted by Gasteiger charge is 2.40. The molecule has 27 heavy (non-hydrogen) atoms. The molecule has 0 aromatic heterocycles. The number of nitrogens with zero attached hydrogens (tertiary/aromatic N) is 2. The van der Waals surface area contributed by atoms with Crippen molar-refractivity contribution >= 4 is 5.91 Å². The zero-order valence-electron chi connectivity index (χ0n) is 17.1. The van der Waals surface area contributed by atoms with Crippen LogP contribution in [0.15, 0.2) is 24.3 Å². The summed E-state index contributed by atoms with van der Waals surface area (Å²) in [5.41, 5.74) is 2.12. The summed E-state index contributed by atoms with van der Waals surface area (Å²) < 4.78 is 0. The number of hydrogen-bond acceptors (Lipinski definition) is 4. The van der Waals surface area contributed by atoms with Gasteiger partial charge in [-0.1, -0.05) is 24.3 Å². The van der Waals surface area contributed by atoms with Gasteiger partial charge in [0.05, 0.1) is 5.60 Å². The van der Waals surface area contributed by atoms with E-state index in [1.165, 1.54) is 11.1 Å². The number of carbonyl (C=O) groups is 1. The average Bonchev–Trinajstić information content (AvgIpc) is 2.80. The van der Waals surface area contributed by atoms with Gasteiger partial charge in [-0.25, -0.2) is 0 Å². The maximum atomic E-state index is 11.8. The zero-order valence-corrected chi connectivity index (χ0v) is 17.1. The Balaban J connectivity index is 1.59. The van der Waals surface area contributed by atoms with Gasteiger partial charge in [0.2, 0.25) is 5.91 Å². The maximum Gasteiger partial charge on any atom is 0.220 e. The number of amides is 1. The summed E-state index contributed by atoms with van der Waals surface area (Å²) in [6.07, 6.45) is 4.29. The highest BCUT2D eigenvalue weighted by Crippen LogP contribution is 2.31. The van der Waals surface area contributed by atoms with E-state index in [-0.39, 0.29) is 11.4 Å². The summed E-state index contributed by atoms with van der Waals surface area (Å²) in [4.78, 5) is 16.8. The lowest BCUT2D eigenvalue weighted by Crippen LogP contribution is -2.60. The van der Waals surface area contributed by atoms with Crippen molar-refractivity contribution in [3.8, 4) is 0 Å². The van der Waals surface area contributed by atoms with Crippen LogP contribution in [0, 0.1) is 0 Å². The molecule has 0 unspecified atom stereocenters. The lowest BCUT2D eigenvalue weighted by atomic mass is 9.86. The third kappa shape index (κ3) is 5.53. The van der Waals surface area contributed by atoms with Gasteiger partial charge in [0.15, 0.2) is 0 Å². The molecule has 5 nitrogen and oxygen atoms in total. The second-order valence-corrected chi connectivity index (χ2v) is 9.09. The van der Waals surface area contributed by atoms with Crippen molar-refractivity contribution < 1.29 is 9.90 Å². The van der Waals surface area contributed by atoms with E-state index in [4.69, 9.17) is 0 Å². The zero-order chi connectivity index (χ0) is 19.5. The van der Waals surface area contributed by atoms with E-state index in [1.807, 2.05) is 13.8 Å². The number of piperazine rings is 1. The Bertz CT molecular complexity index is 638. The van der Waals surface area contributed by atoms with Crippen molar-refractivity contribution in [3.63, 3.8) is 0 Å². The average molecular weight is 374 g/mol. The molecule has 1 spiro atoms. The number of benzene rings is 1. The number of rotatable bonds is 5. The normalized spacial score (nSPS) is 25.4. The predicted octanol–water partition coefficient (Wildman–Crippen LogP) is 2.18. The molecule has 2 aliphatic rings. The molecule has 2 saturated heterocycles. The number of carbonyl (C=O) groups excluding carboxylic acids is 1. The van der Waals surface area contributed by atoms with Crippen molar-refractivity contribution in [2.75, 3.05) is 33.2 Å². The smallest absolute Gasteiger partial charge is 0.220 e. The van der Waals surface area contributed by atoms with E-state index >= 15 is 0 Å². The first-order chi connectivity index (χ1) is 12.8. The second-order valence-electron chi connectivity index (χ2n) is 9.09.